The minimum Gasteiger partial charge on any atom is -0.345 e. The first kappa shape index (κ1) is 8.11. The van der Waals surface area contributed by atoms with Crippen molar-refractivity contribution in [3.63, 3.8) is 0 Å². The van der Waals surface area contributed by atoms with E-state index < -0.39 is 0 Å². The molecule has 0 unspecified atom stereocenters. The SMILES string of the molecule is O=C1C=c2ccc(-c3ncc[nH]3)cc2=N1. The standard InChI is InChI=1S/C11H7N3O/c15-10-6-7-1-2-8(5-9(7)14-10)11-12-3-4-13-11/h1-6H,(H,12,13). The number of amides is 1. The molecule has 0 fully saturated rings. The number of fused-ring (bicyclic) bond motifs is 1. The van der Waals surface area contributed by atoms with E-state index in [2.05, 4.69) is 15.0 Å². The van der Waals surface area contributed by atoms with Crippen molar-refractivity contribution < 1.29 is 4.79 Å². The van der Waals surface area contributed by atoms with Gasteiger partial charge >= 0.3 is 0 Å². The smallest absolute Gasteiger partial charge is 0.270 e. The third-order valence-electron chi connectivity index (χ3n) is 2.31. The number of benzene rings is 1. The second kappa shape index (κ2) is 2.88. The monoisotopic (exact) mass is 197 g/mol. The lowest BCUT2D eigenvalue weighted by atomic mass is 10.2. The van der Waals surface area contributed by atoms with Gasteiger partial charge in [-0.3, -0.25) is 4.79 Å². The molecule has 1 aliphatic heterocycles. The Kier molecular flexibility index (Phi) is 1.56. The van der Waals surface area contributed by atoms with Crippen molar-refractivity contribution in [1.82, 2.24) is 9.97 Å². The Labute approximate surface area is 85.0 Å². The first-order valence-electron chi connectivity index (χ1n) is 4.57. The van der Waals surface area contributed by atoms with E-state index >= 15 is 0 Å². The fourth-order valence-electron chi connectivity index (χ4n) is 1.62. The maximum absolute atomic E-state index is 11.1. The van der Waals surface area contributed by atoms with Gasteiger partial charge < -0.3 is 4.98 Å². The molecule has 1 aromatic heterocycles. The van der Waals surface area contributed by atoms with Gasteiger partial charge in [0.2, 0.25) is 0 Å². The minimum atomic E-state index is -0.193. The summed E-state index contributed by atoms with van der Waals surface area (Å²) in [6, 6.07) is 5.65. The summed E-state index contributed by atoms with van der Waals surface area (Å²) >= 11 is 0. The van der Waals surface area contributed by atoms with Crippen molar-refractivity contribution in [2.75, 3.05) is 0 Å². The third kappa shape index (κ3) is 1.27. The van der Waals surface area contributed by atoms with E-state index in [0.717, 1.165) is 16.6 Å². The number of imidazole rings is 1. The topological polar surface area (TPSA) is 58.1 Å². The molecule has 0 spiro atoms. The van der Waals surface area contributed by atoms with Crippen molar-refractivity contribution in [2.45, 2.75) is 0 Å². The Morgan fingerprint density at radius 1 is 1.27 bits per heavy atom. The van der Waals surface area contributed by atoms with Crippen molar-refractivity contribution in [3.05, 3.63) is 41.2 Å². The van der Waals surface area contributed by atoms with Crippen LogP contribution in [0.4, 0.5) is 0 Å². The van der Waals surface area contributed by atoms with Gasteiger partial charge in [0.1, 0.15) is 5.82 Å². The molecule has 2 heterocycles. The Bertz CT molecular complexity index is 641. The zero-order valence-corrected chi connectivity index (χ0v) is 7.77. The molecule has 4 heteroatoms. The van der Waals surface area contributed by atoms with Crippen LogP contribution in [-0.2, 0) is 4.79 Å². The maximum Gasteiger partial charge on any atom is 0.270 e. The van der Waals surface area contributed by atoms with Gasteiger partial charge in [-0.25, -0.2) is 9.98 Å². The molecular weight excluding hydrogens is 190 g/mol. The van der Waals surface area contributed by atoms with Crippen LogP contribution < -0.4 is 10.6 Å². The molecule has 0 saturated carbocycles. The van der Waals surface area contributed by atoms with Gasteiger partial charge in [-0.05, 0) is 6.07 Å². The molecule has 1 aromatic carbocycles. The number of nitrogens with zero attached hydrogens (tertiary/aromatic N) is 2. The van der Waals surface area contributed by atoms with Crippen LogP contribution in [0.3, 0.4) is 0 Å². The van der Waals surface area contributed by atoms with Crippen LogP contribution in [0.25, 0.3) is 17.5 Å². The summed E-state index contributed by atoms with van der Waals surface area (Å²) in [5.41, 5.74) is 0.936. The summed E-state index contributed by atoms with van der Waals surface area (Å²) in [5, 5.41) is 1.59. The fourth-order valence-corrected chi connectivity index (χ4v) is 1.62. The highest BCUT2D eigenvalue weighted by molar-refractivity contribution is 6.06. The molecular formula is C11H7N3O. The van der Waals surface area contributed by atoms with Gasteiger partial charge in [0.25, 0.3) is 5.91 Å². The number of carbonyl (C=O) groups is 1. The number of rotatable bonds is 1. The maximum atomic E-state index is 11.1. The van der Waals surface area contributed by atoms with Crippen LogP contribution >= 0.6 is 0 Å². The lowest BCUT2D eigenvalue weighted by molar-refractivity contribution is -0.112. The number of hydrogen-bond donors (Lipinski definition) is 1. The van der Waals surface area contributed by atoms with Crippen molar-refractivity contribution in [3.8, 4) is 11.4 Å². The summed E-state index contributed by atoms with van der Waals surface area (Å²) < 4.78 is 0. The van der Waals surface area contributed by atoms with E-state index in [1.165, 1.54) is 6.08 Å². The van der Waals surface area contributed by atoms with Crippen molar-refractivity contribution >= 4 is 12.0 Å². The minimum absolute atomic E-state index is 0.193. The summed E-state index contributed by atoms with van der Waals surface area (Å²) in [4.78, 5) is 22.1. The molecule has 15 heavy (non-hydrogen) atoms. The summed E-state index contributed by atoms with van der Waals surface area (Å²) in [6.07, 6.45) is 4.98. The van der Waals surface area contributed by atoms with Gasteiger partial charge in [-0.15, -0.1) is 0 Å². The molecule has 2 aromatic rings. The average Bonchev–Trinajstić information content (AvgIpc) is 2.82. The highest BCUT2D eigenvalue weighted by Crippen LogP contribution is 2.09. The number of carbonyl (C=O) groups excluding carboxylic acids is 1. The fraction of sp³-hybridized carbons (Fsp3) is 0. The zero-order valence-electron chi connectivity index (χ0n) is 7.77. The summed E-state index contributed by atoms with van der Waals surface area (Å²) in [7, 11) is 0. The van der Waals surface area contributed by atoms with Gasteiger partial charge in [0.15, 0.2) is 0 Å². The van der Waals surface area contributed by atoms with E-state index in [0.29, 0.717) is 5.36 Å². The number of hydrogen-bond acceptors (Lipinski definition) is 2. The second-order valence-corrected chi connectivity index (χ2v) is 3.31. The number of nitrogens with one attached hydrogen (secondary N) is 1. The quantitative estimate of drug-likeness (QED) is 0.700. The summed E-state index contributed by atoms with van der Waals surface area (Å²) in [5.74, 6) is 0.592. The third-order valence-corrected chi connectivity index (χ3v) is 2.31. The molecule has 4 nitrogen and oxygen atoms in total. The average molecular weight is 197 g/mol. The lowest BCUT2D eigenvalue weighted by Gasteiger charge is -1.94. The molecule has 3 rings (SSSR count). The molecule has 1 amide bonds. The van der Waals surface area contributed by atoms with Crippen LogP contribution in [0, 0.1) is 0 Å². The number of H-pyrrole nitrogens is 1. The van der Waals surface area contributed by atoms with Crippen LogP contribution in [0.15, 0.2) is 35.6 Å². The highest BCUT2D eigenvalue weighted by Gasteiger charge is 2.05. The lowest BCUT2D eigenvalue weighted by Crippen LogP contribution is -2.20. The number of aromatic nitrogens is 2. The molecule has 72 valence electrons. The van der Waals surface area contributed by atoms with Gasteiger partial charge in [0.05, 0.1) is 5.36 Å². The van der Waals surface area contributed by atoms with Crippen LogP contribution in [0.5, 0.6) is 0 Å². The van der Waals surface area contributed by atoms with E-state index in [1.54, 1.807) is 12.4 Å². The Balaban J connectivity index is 2.25. The van der Waals surface area contributed by atoms with Crippen LogP contribution in [0.2, 0.25) is 0 Å². The molecule has 0 radical (unpaired) electrons. The molecule has 0 bridgehead atoms. The molecule has 1 aliphatic rings. The zero-order chi connectivity index (χ0) is 10.3. The van der Waals surface area contributed by atoms with E-state index in [-0.39, 0.29) is 5.91 Å². The van der Waals surface area contributed by atoms with Crippen LogP contribution in [0.1, 0.15) is 0 Å². The Hall–Kier alpha value is -2.23. The first-order valence-corrected chi connectivity index (χ1v) is 4.57. The van der Waals surface area contributed by atoms with Gasteiger partial charge in [-0.1, -0.05) is 12.1 Å². The van der Waals surface area contributed by atoms with Crippen molar-refractivity contribution in [2.24, 2.45) is 4.99 Å². The molecule has 0 saturated heterocycles. The molecule has 0 aliphatic carbocycles. The second-order valence-electron chi connectivity index (χ2n) is 3.31. The normalized spacial score (nSPS) is 13.2. The van der Waals surface area contributed by atoms with Crippen LogP contribution in [-0.4, -0.2) is 15.9 Å². The van der Waals surface area contributed by atoms with E-state index in [4.69, 9.17) is 0 Å². The predicted molar refractivity (Wildman–Crippen MR) is 54.3 cm³/mol. The highest BCUT2D eigenvalue weighted by atomic mass is 16.1. The molecule has 1 N–H and O–H groups in total. The van der Waals surface area contributed by atoms with E-state index in [9.17, 15) is 4.79 Å². The largest absolute Gasteiger partial charge is 0.345 e. The van der Waals surface area contributed by atoms with Crippen molar-refractivity contribution in [1.29, 1.82) is 0 Å². The summed E-state index contributed by atoms with van der Waals surface area (Å²) in [6.45, 7) is 0. The molecule has 0 atom stereocenters. The van der Waals surface area contributed by atoms with Gasteiger partial charge in [0, 0.05) is 29.3 Å². The predicted octanol–water partition coefficient (Wildman–Crippen LogP) is 0.0170. The Morgan fingerprint density at radius 2 is 2.20 bits per heavy atom. The van der Waals surface area contributed by atoms with E-state index in [1.807, 2.05) is 18.2 Å². The van der Waals surface area contributed by atoms with Gasteiger partial charge in [-0.2, -0.15) is 0 Å². The first-order chi connectivity index (χ1) is 7.33. The Morgan fingerprint density at radius 3 is 3.00 bits per heavy atom. The number of aromatic amines is 1.